The van der Waals surface area contributed by atoms with Gasteiger partial charge in [-0.15, -0.1) is 0 Å². The summed E-state index contributed by atoms with van der Waals surface area (Å²) in [5, 5.41) is 20.8. The maximum atomic E-state index is 11.7. The van der Waals surface area contributed by atoms with E-state index in [1.54, 1.807) is 13.8 Å². The summed E-state index contributed by atoms with van der Waals surface area (Å²) in [6, 6.07) is -1.32. The Morgan fingerprint density at radius 3 is 2.56 bits per heavy atom. The number of urea groups is 1. The first-order valence-corrected chi connectivity index (χ1v) is 5.81. The monoisotopic (exact) mass is 252 g/mol. The summed E-state index contributed by atoms with van der Waals surface area (Å²) in [5.41, 5.74) is 1.99. The lowest BCUT2D eigenvalue weighted by Gasteiger charge is -2.14. The first-order chi connectivity index (χ1) is 8.49. The topological polar surface area (TPSA) is 107 Å². The van der Waals surface area contributed by atoms with E-state index in [2.05, 4.69) is 20.8 Å². The maximum absolute atomic E-state index is 11.7. The molecule has 1 fully saturated rings. The third-order valence-electron chi connectivity index (χ3n) is 3.01. The van der Waals surface area contributed by atoms with Gasteiger partial charge >= 0.3 is 12.0 Å². The van der Waals surface area contributed by atoms with E-state index < -0.39 is 18.0 Å². The molecular formula is C11H16N4O3. The number of aromatic nitrogens is 2. The molecule has 1 saturated carbocycles. The van der Waals surface area contributed by atoms with Gasteiger partial charge in [-0.25, -0.2) is 9.59 Å². The summed E-state index contributed by atoms with van der Waals surface area (Å²) in [6.45, 7) is 3.54. The molecule has 0 saturated heterocycles. The predicted molar refractivity (Wildman–Crippen MR) is 64.4 cm³/mol. The lowest BCUT2D eigenvalue weighted by molar-refractivity contribution is -0.139. The van der Waals surface area contributed by atoms with Crippen molar-refractivity contribution in [2.24, 2.45) is 5.92 Å². The molecule has 4 N–H and O–H groups in total. The SMILES string of the molecule is Cc1n[nH]c(C)c1NC(=O)NC(C(=O)O)C1CC1. The van der Waals surface area contributed by atoms with Crippen molar-refractivity contribution in [3.05, 3.63) is 11.4 Å². The number of carbonyl (C=O) groups is 2. The zero-order valence-corrected chi connectivity index (χ0v) is 10.3. The number of aliphatic carboxylic acids is 1. The number of hydrogen-bond donors (Lipinski definition) is 4. The molecule has 1 aliphatic rings. The van der Waals surface area contributed by atoms with E-state index in [1.165, 1.54) is 0 Å². The lowest BCUT2D eigenvalue weighted by atomic mass is 10.2. The average molecular weight is 252 g/mol. The maximum Gasteiger partial charge on any atom is 0.326 e. The number of hydrogen-bond acceptors (Lipinski definition) is 3. The van der Waals surface area contributed by atoms with E-state index in [0.29, 0.717) is 11.4 Å². The number of aryl methyl sites for hydroxylation is 2. The van der Waals surface area contributed by atoms with Gasteiger partial charge in [-0.2, -0.15) is 5.10 Å². The van der Waals surface area contributed by atoms with Crippen LogP contribution in [0.3, 0.4) is 0 Å². The molecule has 2 amide bonds. The van der Waals surface area contributed by atoms with Crippen LogP contribution < -0.4 is 10.6 Å². The molecule has 7 heteroatoms. The summed E-state index contributed by atoms with van der Waals surface area (Å²) in [6.07, 6.45) is 1.70. The molecule has 0 bridgehead atoms. The number of anilines is 1. The van der Waals surface area contributed by atoms with Crippen LogP contribution in [-0.4, -0.2) is 33.3 Å². The van der Waals surface area contributed by atoms with Crippen molar-refractivity contribution in [3.8, 4) is 0 Å². The Kier molecular flexibility index (Phi) is 3.22. The second-order valence-corrected chi connectivity index (χ2v) is 4.56. The van der Waals surface area contributed by atoms with Crippen molar-refractivity contribution in [2.75, 3.05) is 5.32 Å². The highest BCUT2D eigenvalue weighted by atomic mass is 16.4. The Bertz CT molecular complexity index is 459. The molecule has 1 aromatic rings. The third-order valence-corrected chi connectivity index (χ3v) is 3.01. The number of carboxylic acids is 1. The fourth-order valence-corrected chi connectivity index (χ4v) is 1.84. The average Bonchev–Trinajstić information content (AvgIpc) is 3.08. The summed E-state index contributed by atoms with van der Waals surface area (Å²) < 4.78 is 0. The number of carboxylic acid groups (broad SMARTS) is 1. The first kappa shape index (κ1) is 12.4. The highest BCUT2D eigenvalue weighted by molar-refractivity contribution is 5.93. The summed E-state index contributed by atoms with van der Waals surface area (Å²) in [4.78, 5) is 22.7. The van der Waals surface area contributed by atoms with Crippen molar-refractivity contribution in [3.63, 3.8) is 0 Å². The van der Waals surface area contributed by atoms with E-state index >= 15 is 0 Å². The minimum atomic E-state index is -0.992. The van der Waals surface area contributed by atoms with Gasteiger partial charge in [-0.05, 0) is 32.6 Å². The molecule has 1 heterocycles. The Hall–Kier alpha value is -2.05. The Labute approximate surface area is 104 Å². The van der Waals surface area contributed by atoms with Gasteiger partial charge in [0, 0.05) is 0 Å². The molecule has 98 valence electrons. The minimum absolute atomic E-state index is 0.0554. The number of aromatic amines is 1. The Balaban J connectivity index is 1.98. The summed E-state index contributed by atoms with van der Waals surface area (Å²) in [5.74, 6) is -0.937. The van der Waals surface area contributed by atoms with Crippen molar-refractivity contribution in [2.45, 2.75) is 32.7 Å². The van der Waals surface area contributed by atoms with Crippen LogP contribution in [0.4, 0.5) is 10.5 Å². The van der Waals surface area contributed by atoms with Crippen LogP contribution in [-0.2, 0) is 4.79 Å². The summed E-state index contributed by atoms with van der Waals surface area (Å²) in [7, 11) is 0. The van der Waals surface area contributed by atoms with Crippen LogP contribution in [0, 0.1) is 19.8 Å². The smallest absolute Gasteiger partial charge is 0.326 e. The van der Waals surface area contributed by atoms with Gasteiger partial charge < -0.3 is 15.7 Å². The van der Waals surface area contributed by atoms with Crippen molar-refractivity contribution < 1.29 is 14.7 Å². The predicted octanol–water partition coefficient (Wildman–Crippen LogP) is 1.01. The van der Waals surface area contributed by atoms with Gasteiger partial charge in [0.25, 0.3) is 0 Å². The first-order valence-electron chi connectivity index (χ1n) is 5.81. The van der Waals surface area contributed by atoms with Crippen LogP contribution in [0.1, 0.15) is 24.2 Å². The zero-order valence-electron chi connectivity index (χ0n) is 10.3. The third kappa shape index (κ3) is 2.61. The number of carbonyl (C=O) groups excluding carboxylic acids is 1. The summed E-state index contributed by atoms with van der Waals surface area (Å²) >= 11 is 0. The number of amides is 2. The number of nitrogens with one attached hydrogen (secondary N) is 3. The van der Waals surface area contributed by atoms with Crippen molar-refractivity contribution in [1.82, 2.24) is 15.5 Å². The molecule has 1 atom stereocenters. The fraction of sp³-hybridized carbons (Fsp3) is 0.545. The standard InChI is InChI=1S/C11H16N4O3/c1-5-8(6(2)15-14-5)12-11(18)13-9(10(16)17)7-3-4-7/h7,9H,3-4H2,1-2H3,(H,14,15)(H,16,17)(H2,12,13,18). The van der Waals surface area contributed by atoms with Crippen molar-refractivity contribution >= 4 is 17.7 Å². The highest BCUT2D eigenvalue weighted by Gasteiger charge is 2.37. The Morgan fingerprint density at radius 2 is 2.11 bits per heavy atom. The second-order valence-electron chi connectivity index (χ2n) is 4.56. The second kappa shape index (κ2) is 4.67. The van der Waals surface area contributed by atoms with E-state index in [9.17, 15) is 9.59 Å². The van der Waals surface area contributed by atoms with Gasteiger partial charge in [0.15, 0.2) is 0 Å². The van der Waals surface area contributed by atoms with Gasteiger partial charge in [-0.3, -0.25) is 5.10 Å². The van der Waals surface area contributed by atoms with Crippen LogP contribution in [0.2, 0.25) is 0 Å². The van der Waals surface area contributed by atoms with Crippen molar-refractivity contribution in [1.29, 1.82) is 0 Å². The molecule has 0 spiro atoms. The molecule has 1 unspecified atom stereocenters. The van der Waals surface area contributed by atoms with E-state index in [1.807, 2.05) is 0 Å². The number of H-pyrrole nitrogens is 1. The van der Waals surface area contributed by atoms with Gasteiger partial charge in [0.05, 0.1) is 17.1 Å². The van der Waals surface area contributed by atoms with E-state index in [-0.39, 0.29) is 5.92 Å². The zero-order chi connectivity index (χ0) is 13.3. The van der Waals surface area contributed by atoms with Gasteiger partial charge in [-0.1, -0.05) is 0 Å². The van der Waals surface area contributed by atoms with Crippen LogP contribution in [0.5, 0.6) is 0 Å². The lowest BCUT2D eigenvalue weighted by Crippen LogP contribution is -2.44. The quantitative estimate of drug-likeness (QED) is 0.641. The Morgan fingerprint density at radius 1 is 1.44 bits per heavy atom. The van der Waals surface area contributed by atoms with Crippen LogP contribution >= 0.6 is 0 Å². The molecule has 0 radical (unpaired) electrons. The number of rotatable bonds is 4. The normalized spacial score (nSPS) is 16.1. The molecule has 1 aliphatic carbocycles. The molecule has 0 aromatic carbocycles. The number of nitrogens with zero attached hydrogens (tertiary/aromatic N) is 1. The van der Waals surface area contributed by atoms with Crippen LogP contribution in [0.15, 0.2) is 0 Å². The minimum Gasteiger partial charge on any atom is -0.480 e. The molecular weight excluding hydrogens is 236 g/mol. The van der Waals surface area contributed by atoms with Gasteiger partial charge in [0.2, 0.25) is 0 Å². The van der Waals surface area contributed by atoms with Gasteiger partial charge in [0.1, 0.15) is 6.04 Å². The highest BCUT2D eigenvalue weighted by Crippen LogP contribution is 2.32. The molecule has 1 aromatic heterocycles. The largest absolute Gasteiger partial charge is 0.480 e. The molecule has 18 heavy (non-hydrogen) atoms. The van der Waals surface area contributed by atoms with Crippen LogP contribution in [0.25, 0.3) is 0 Å². The molecule has 7 nitrogen and oxygen atoms in total. The van der Waals surface area contributed by atoms with E-state index in [4.69, 9.17) is 5.11 Å². The fourth-order valence-electron chi connectivity index (χ4n) is 1.84. The van der Waals surface area contributed by atoms with E-state index in [0.717, 1.165) is 18.5 Å². The molecule has 2 rings (SSSR count). The molecule has 0 aliphatic heterocycles.